The maximum atomic E-state index is 13.3. The maximum Gasteiger partial charge on any atom is 0.123 e. The monoisotopic (exact) mass is 220 g/mol. The quantitative estimate of drug-likeness (QED) is 0.702. The van der Waals surface area contributed by atoms with Gasteiger partial charge in [0.15, 0.2) is 0 Å². The summed E-state index contributed by atoms with van der Waals surface area (Å²) in [6.07, 6.45) is 1.08. The fourth-order valence-electron chi connectivity index (χ4n) is 3.08. The van der Waals surface area contributed by atoms with Gasteiger partial charge in [-0.15, -0.1) is 0 Å². The molecule has 0 bridgehead atoms. The molecule has 1 aromatic rings. The number of rotatable bonds is 0. The van der Waals surface area contributed by atoms with Gasteiger partial charge in [-0.1, -0.05) is 0 Å². The van der Waals surface area contributed by atoms with Gasteiger partial charge >= 0.3 is 0 Å². The van der Waals surface area contributed by atoms with Crippen molar-refractivity contribution in [2.24, 2.45) is 0 Å². The van der Waals surface area contributed by atoms with Gasteiger partial charge in [0, 0.05) is 17.1 Å². The zero-order chi connectivity index (χ0) is 11.3. The second kappa shape index (κ2) is 3.20. The van der Waals surface area contributed by atoms with E-state index >= 15 is 0 Å². The molecule has 0 saturated carbocycles. The van der Waals surface area contributed by atoms with Crippen molar-refractivity contribution in [2.75, 3.05) is 11.9 Å². The minimum absolute atomic E-state index is 0.0679. The van der Waals surface area contributed by atoms with Crippen LogP contribution in [0.15, 0.2) is 18.2 Å². The van der Waals surface area contributed by atoms with Crippen LogP contribution in [-0.2, 0) is 0 Å². The van der Waals surface area contributed by atoms with E-state index in [-0.39, 0.29) is 11.4 Å². The summed E-state index contributed by atoms with van der Waals surface area (Å²) < 4.78 is 13.3. The first-order valence-corrected chi connectivity index (χ1v) is 5.89. The first kappa shape index (κ1) is 10.1. The summed E-state index contributed by atoms with van der Waals surface area (Å²) in [6.45, 7) is 5.42. The molecule has 0 amide bonds. The smallest absolute Gasteiger partial charge is 0.123 e. The Morgan fingerprint density at radius 1 is 1.38 bits per heavy atom. The highest BCUT2D eigenvalue weighted by molar-refractivity contribution is 5.60. The number of fused-ring (bicyclic) bond motifs is 3. The van der Waals surface area contributed by atoms with Gasteiger partial charge in [-0.3, -0.25) is 0 Å². The van der Waals surface area contributed by atoms with E-state index in [1.54, 1.807) is 6.07 Å². The molecular weight excluding hydrogens is 203 g/mol. The molecule has 3 rings (SSSR count). The Labute approximate surface area is 95.2 Å². The van der Waals surface area contributed by atoms with Gasteiger partial charge in [0.25, 0.3) is 0 Å². The predicted molar refractivity (Wildman–Crippen MR) is 63.3 cm³/mol. The van der Waals surface area contributed by atoms with Crippen LogP contribution in [0.4, 0.5) is 10.1 Å². The van der Waals surface area contributed by atoms with Crippen molar-refractivity contribution < 1.29 is 4.39 Å². The number of hydrogen-bond donors (Lipinski definition) is 2. The highest BCUT2D eigenvalue weighted by Crippen LogP contribution is 2.43. The number of anilines is 1. The molecule has 0 aliphatic carbocycles. The molecule has 1 saturated heterocycles. The Hall–Kier alpha value is -1.09. The molecular formula is C13H17FN2. The third-order valence-corrected chi connectivity index (χ3v) is 3.94. The summed E-state index contributed by atoms with van der Waals surface area (Å²) in [7, 11) is 0. The molecule has 2 heterocycles. The van der Waals surface area contributed by atoms with Gasteiger partial charge < -0.3 is 10.6 Å². The fourth-order valence-corrected chi connectivity index (χ4v) is 3.08. The fraction of sp³-hybridized carbons (Fsp3) is 0.538. The lowest BCUT2D eigenvalue weighted by molar-refractivity contribution is 0.256. The van der Waals surface area contributed by atoms with Crippen LogP contribution in [0.1, 0.15) is 31.7 Å². The van der Waals surface area contributed by atoms with Gasteiger partial charge in [0.1, 0.15) is 5.82 Å². The molecule has 2 N–H and O–H groups in total. The molecule has 0 aromatic heterocycles. The summed E-state index contributed by atoms with van der Waals surface area (Å²) in [5.74, 6) is 0.319. The molecule has 16 heavy (non-hydrogen) atoms. The van der Waals surface area contributed by atoms with Gasteiger partial charge in [-0.2, -0.15) is 0 Å². The molecule has 2 aliphatic rings. The molecule has 2 atom stereocenters. The lowest BCUT2D eigenvalue weighted by Crippen LogP contribution is -2.57. The lowest BCUT2D eigenvalue weighted by Gasteiger charge is -2.41. The van der Waals surface area contributed by atoms with Crippen LogP contribution in [0.5, 0.6) is 0 Å². The Balaban J connectivity index is 2.03. The second-order valence-electron chi connectivity index (χ2n) is 5.40. The Morgan fingerprint density at radius 2 is 2.19 bits per heavy atom. The van der Waals surface area contributed by atoms with Crippen LogP contribution < -0.4 is 10.6 Å². The van der Waals surface area contributed by atoms with Crippen molar-refractivity contribution in [2.45, 2.75) is 37.8 Å². The van der Waals surface area contributed by atoms with Crippen molar-refractivity contribution in [3.63, 3.8) is 0 Å². The van der Waals surface area contributed by atoms with E-state index in [2.05, 4.69) is 24.5 Å². The van der Waals surface area contributed by atoms with Gasteiger partial charge in [-0.25, -0.2) is 4.39 Å². The molecule has 2 nitrogen and oxygen atoms in total. The molecule has 0 spiro atoms. The van der Waals surface area contributed by atoms with Crippen molar-refractivity contribution in [1.82, 2.24) is 5.32 Å². The minimum atomic E-state index is -0.127. The summed E-state index contributed by atoms with van der Waals surface area (Å²) in [5.41, 5.74) is 2.33. The number of halogens is 1. The summed E-state index contributed by atoms with van der Waals surface area (Å²) in [6, 6.07) is 5.45. The number of nitrogens with one attached hydrogen (secondary N) is 2. The third kappa shape index (κ3) is 1.34. The van der Waals surface area contributed by atoms with E-state index in [9.17, 15) is 4.39 Å². The van der Waals surface area contributed by atoms with Crippen LogP contribution in [0.25, 0.3) is 0 Å². The topological polar surface area (TPSA) is 24.1 Å². The molecule has 2 aliphatic heterocycles. The maximum absolute atomic E-state index is 13.3. The first-order chi connectivity index (χ1) is 7.58. The summed E-state index contributed by atoms with van der Waals surface area (Å²) in [5, 5.41) is 7.05. The van der Waals surface area contributed by atoms with Crippen LogP contribution in [0.2, 0.25) is 0 Å². The number of piperidine rings is 1. The van der Waals surface area contributed by atoms with E-state index in [1.165, 1.54) is 6.07 Å². The molecule has 86 valence electrons. The molecule has 3 heteroatoms. The second-order valence-corrected chi connectivity index (χ2v) is 5.40. The zero-order valence-corrected chi connectivity index (χ0v) is 9.68. The normalized spacial score (nSPS) is 30.4. The highest BCUT2D eigenvalue weighted by atomic mass is 19.1. The third-order valence-electron chi connectivity index (χ3n) is 3.94. The summed E-state index contributed by atoms with van der Waals surface area (Å²) in [4.78, 5) is 0. The van der Waals surface area contributed by atoms with E-state index in [0.717, 1.165) is 24.2 Å². The van der Waals surface area contributed by atoms with Gasteiger partial charge in [-0.05, 0) is 50.6 Å². The van der Waals surface area contributed by atoms with Crippen molar-refractivity contribution in [3.05, 3.63) is 29.6 Å². The van der Waals surface area contributed by atoms with Gasteiger partial charge in [0.05, 0.1) is 6.04 Å². The first-order valence-electron chi connectivity index (χ1n) is 5.89. The standard InChI is InChI=1S/C13H17FN2/c1-13(2)12-9(5-6-15-13)10-7-8(14)3-4-11(10)16-12/h3-4,7,9,12,15-16H,5-6H2,1-2H3. The van der Waals surface area contributed by atoms with E-state index in [0.29, 0.717) is 12.0 Å². The van der Waals surface area contributed by atoms with Gasteiger partial charge in [0.2, 0.25) is 0 Å². The zero-order valence-electron chi connectivity index (χ0n) is 9.68. The van der Waals surface area contributed by atoms with Crippen molar-refractivity contribution in [3.8, 4) is 0 Å². The SMILES string of the molecule is CC1(C)NCCC2c3cc(F)ccc3NC21. The molecule has 0 radical (unpaired) electrons. The molecule has 1 fully saturated rings. The summed E-state index contributed by atoms with van der Waals surface area (Å²) >= 11 is 0. The van der Waals surface area contributed by atoms with Crippen LogP contribution in [0.3, 0.4) is 0 Å². The van der Waals surface area contributed by atoms with Crippen molar-refractivity contribution >= 4 is 5.69 Å². The van der Waals surface area contributed by atoms with Crippen LogP contribution >= 0.6 is 0 Å². The lowest BCUT2D eigenvalue weighted by atomic mass is 9.78. The predicted octanol–water partition coefficient (Wildman–Crippen LogP) is 2.48. The molecule has 1 aromatic carbocycles. The highest BCUT2D eigenvalue weighted by Gasteiger charge is 2.44. The molecule has 2 unspecified atom stereocenters. The average molecular weight is 220 g/mol. The van der Waals surface area contributed by atoms with Crippen molar-refractivity contribution in [1.29, 1.82) is 0 Å². The number of benzene rings is 1. The van der Waals surface area contributed by atoms with E-state index in [4.69, 9.17) is 0 Å². The van der Waals surface area contributed by atoms with E-state index < -0.39 is 0 Å². The average Bonchev–Trinajstić information content (AvgIpc) is 2.58. The van der Waals surface area contributed by atoms with Crippen LogP contribution in [-0.4, -0.2) is 18.1 Å². The van der Waals surface area contributed by atoms with Crippen LogP contribution in [0, 0.1) is 5.82 Å². The largest absolute Gasteiger partial charge is 0.380 e. The number of hydrogen-bond acceptors (Lipinski definition) is 2. The minimum Gasteiger partial charge on any atom is -0.380 e. The van der Waals surface area contributed by atoms with E-state index in [1.807, 2.05) is 6.07 Å². The Morgan fingerprint density at radius 3 is 3.00 bits per heavy atom. The Kier molecular flexibility index (Phi) is 2.02. The Bertz CT molecular complexity index is 428.